The molecule has 0 spiro atoms. The van der Waals surface area contributed by atoms with Crippen molar-refractivity contribution in [1.29, 1.82) is 0 Å². The summed E-state index contributed by atoms with van der Waals surface area (Å²) < 4.78 is 7.31. The summed E-state index contributed by atoms with van der Waals surface area (Å²) in [6, 6.07) is 19.8. The number of likely N-dealkylation sites (N-methyl/N-ethyl adjacent to an activating group) is 1. The first-order valence-electron chi connectivity index (χ1n) is 9.48. The van der Waals surface area contributed by atoms with E-state index in [-0.39, 0.29) is 24.4 Å². The van der Waals surface area contributed by atoms with E-state index in [9.17, 15) is 4.79 Å². The number of carbonyl (C=O) groups is 1. The van der Waals surface area contributed by atoms with Gasteiger partial charge in [0.2, 0.25) is 5.91 Å². The van der Waals surface area contributed by atoms with Crippen LogP contribution >= 0.6 is 12.4 Å². The van der Waals surface area contributed by atoms with Gasteiger partial charge in [-0.05, 0) is 12.1 Å². The Bertz CT molecular complexity index is 925. The molecule has 2 aromatic carbocycles. The number of hydrogen-bond donors (Lipinski definition) is 1. The Balaban J connectivity index is 0.00000240. The van der Waals surface area contributed by atoms with Crippen LogP contribution in [0.5, 0.6) is 0 Å². The monoisotopic (exact) mass is 412 g/mol. The Morgan fingerprint density at radius 3 is 2.52 bits per heavy atom. The van der Waals surface area contributed by atoms with Gasteiger partial charge < -0.3 is 15.0 Å². The van der Waals surface area contributed by atoms with Crippen molar-refractivity contribution in [2.24, 2.45) is 0 Å². The number of carbonyl (C=O) groups excluding carboxylic acids is 1. The first-order valence-corrected chi connectivity index (χ1v) is 9.48. The highest BCUT2D eigenvalue weighted by atomic mass is 35.5. The minimum absolute atomic E-state index is 0. The minimum atomic E-state index is -0.289. The second kappa shape index (κ2) is 9.69. The molecule has 1 N–H and O–H groups in total. The van der Waals surface area contributed by atoms with Crippen LogP contribution in [0.2, 0.25) is 0 Å². The molecule has 1 atom stereocenters. The van der Waals surface area contributed by atoms with Gasteiger partial charge in [-0.25, -0.2) is 4.68 Å². The summed E-state index contributed by atoms with van der Waals surface area (Å²) in [6.07, 6.45) is 2.01. The lowest BCUT2D eigenvalue weighted by molar-refractivity contribution is -0.135. The predicted molar refractivity (Wildman–Crippen MR) is 115 cm³/mol. The molecule has 3 aromatic rings. The Labute approximate surface area is 176 Å². The summed E-state index contributed by atoms with van der Waals surface area (Å²) in [6.45, 7) is 2.24. The number of ether oxygens (including phenoxy) is 1. The van der Waals surface area contributed by atoms with Crippen LogP contribution in [0.15, 0.2) is 66.9 Å². The second-order valence-corrected chi connectivity index (χ2v) is 6.93. The molecule has 1 saturated heterocycles. The van der Waals surface area contributed by atoms with Crippen molar-refractivity contribution in [3.8, 4) is 16.9 Å². The van der Waals surface area contributed by atoms with Crippen molar-refractivity contribution in [2.75, 3.05) is 26.8 Å². The Morgan fingerprint density at radius 1 is 1.17 bits per heavy atom. The summed E-state index contributed by atoms with van der Waals surface area (Å²) in [5, 5.41) is 8.04. The van der Waals surface area contributed by atoms with Crippen molar-refractivity contribution in [3.63, 3.8) is 0 Å². The van der Waals surface area contributed by atoms with Gasteiger partial charge in [0.1, 0.15) is 6.04 Å². The average molecular weight is 413 g/mol. The van der Waals surface area contributed by atoms with Crippen LogP contribution in [-0.4, -0.2) is 53.4 Å². The van der Waals surface area contributed by atoms with Crippen molar-refractivity contribution < 1.29 is 9.53 Å². The lowest BCUT2D eigenvalue weighted by atomic mass is 10.1. The number of hydrogen-bond acceptors (Lipinski definition) is 4. The number of halogens is 1. The fourth-order valence-corrected chi connectivity index (χ4v) is 3.40. The molecule has 1 fully saturated rings. The van der Waals surface area contributed by atoms with E-state index >= 15 is 0 Å². The first kappa shape index (κ1) is 21.0. The van der Waals surface area contributed by atoms with Gasteiger partial charge in [0, 0.05) is 37.5 Å². The fourth-order valence-electron chi connectivity index (χ4n) is 3.40. The van der Waals surface area contributed by atoms with Crippen LogP contribution in [-0.2, 0) is 16.1 Å². The maximum Gasteiger partial charge on any atom is 0.242 e. The highest BCUT2D eigenvalue weighted by Gasteiger charge is 2.25. The van der Waals surface area contributed by atoms with Gasteiger partial charge in [-0.1, -0.05) is 48.5 Å². The third-order valence-electron chi connectivity index (χ3n) is 4.86. The molecule has 0 aliphatic carbocycles. The van der Waals surface area contributed by atoms with Crippen LogP contribution < -0.4 is 5.32 Å². The lowest BCUT2D eigenvalue weighted by Gasteiger charge is -2.27. The molecule has 0 saturated carbocycles. The molecule has 1 aliphatic rings. The van der Waals surface area contributed by atoms with Crippen molar-refractivity contribution in [1.82, 2.24) is 20.0 Å². The minimum Gasteiger partial charge on any atom is -0.378 e. The van der Waals surface area contributed by atoms with Gasteiger partial charge in [-0.2, -0.15) is 5.10 Å². The number of para-hydroxylation sites is 1. The predicted octanol–water partition coefficient (Wildman–Crippen LogP) is 2.91. The number of benzene rings is 2. The summed E-state index contributed by atoms with van der Waals surface area (Å²) in [5.74, 6) is 0.0335. The normalized spacial score (nSPS) is 16.1. The summed E-state index contributed by atoms with van der Waals surface area (Å²) in [4.78, 5) is 14.5. The van der Waals surface area contributed by atoms with E-state index < -0.39 is 0 Å². The molecule has 4 rings (SSSR count). The van der Waals surface area contributed by atoms with Crippen molar-refractivity contribution in [2.45, 2.75) is 12.6 Å². The van der Waals surface area contributed by atoms with Gasteiger partial charge in [0.05, 0.1) is 24.6 Å². The molecule has 1 unspecified atom stereocenters. The van der Waals surface area contributed by atoms with Gasteiger partial charge in [0.25, 0.3) is 0 Å². The quantitative estimate of drug-likeness (QED) is 0.700. The largest absolute Gasteiger partial charge is 0.378 e. The van der Waals surface area contributed by atoms with E-state index in [1.54, 1.807) is 4.90 Å². The molecule has 1 amide bonds. The number of amides is 1. The molecule has 1 aromatic heterocycles. The fraction of sp³-hybridized carbons (Fsp3) is 0.273. The van der Waals surface area contributed by atoms with E-state index in [1.807, 2.05) is 78.6 Å². The number of morpholine rings is 1. The molecule has 29 heavy (non-hydrogen) atoms. The maximum atomic E-state index is 12.8. The molecule has 6 nitrogen and oxygen atoms in total. The molecule has 2 heterocycles. The van der Waals surface area contributed by atoms with E-state index in [0.29, 0.717) is 26.3 Å². The van der Waals surface area contributed by atoms with E-state index in [1.165, 1.54) is 0 Å². The summed E-state index contributed by atoms with van der Waals surface area (Å²) >= 11 is 0. The van der Waals surface area contributed by atoms with Crippen LogP contribution in [0.1, 0.15) is 5.56 Å². The zero-order chi connectivity index (χ0) is 19.3. The Morgan fingerprint density at radius 2 is 1.86 bits per heavy atom. The zero-order valence-corrected chi connectivity index (χ0v) is 17.1. The molecule has 0 radical (unpaired) electrons. The highest BCUT2D eigenvalue weighted by Crippen LogP contribution is 2.24. The van der Waals surface area contributed by atoms with Crippen molar-refractivity contribution in [3.05, 3.63) is 72.4 Å². The van der Waals surface area contributed by atoms with E-state index in [0.717, 1.165) is 22.5 Å². The van der Waals surface area contributed by atoms with Crippen LogP contribution in [0.3, 0.4) is 0 Å². The number of nitrogens with zero attached hydrogens (tertiary/aromatic N) is 3. The Hall–Kier alpha value is -2.67. The average Bonchev–Trinajstić information content (AvgIpc) is 3.19. The van der Waals surface area contributed by atoms with Crippen molar-refractivity contribution >= 4 is 18.3 Å². The molecular formula is C22H25ClN4O2. The number of aromatic nitrogens is 2. The third-order valence-corrected chi connectivity index (χ3v) is 4.86. The third kappa shape index (κ3) is 4.85. The maximum absolute atomic E-state index is 12.8. The van der Waals surface area contributed by atoms with E-state index in [2.05, 4.69) is 5.32 Å². The second-order valence-electron chi connectivity index (χ2n) is 6.93. The highest BCUT2D eigenvalue weighted by molar-refractivity contribution is 5.85. The van der Waals surface area contributed by atoms with Gasteiger partial charge in [-0.3, -0.25) is 4.79 Å². The topological polar surface area (TPSA) is 59.4 Å². The number of rotatable bonds is 5. The molecule has 152 valence electrons. The lowest BCUT2D eigenvalue weighted by Crippen LogP contribution is -2.51. The molecule has 1 aliphatic heterocycles. The van der Waals surface area contributed by atoms with Gasteiger partial charge in [-0.15, -0.1) is 12.4 Å². The van der Waals surface area contributed by atoms with Crippen LogP contribution in [0.4, 0.5) is 0 Å². The molecule has 7 heteroatoms. The van der Waals surface area contributed by atoms with E-state index in [4.69, 9.17) is 9.84 Å². The molecule has 0 bridgehead atoms. The zero-order valence-electron chi connectivity index (χ0n) is 16.3. The summed E-state index contributed by atoms with van der Waals surface area (Å²) in [5.41, 5.74) is 3.91. The van der Waals surface area contributed by atoms with Crippen LogP contribution in [0, 0.1) is 0 Å². The Kier molecular flexibility index (Phi) is 7.04. The SMILES string of the molecule is CN(Cc1cn(-c2ccccc2)nc1-c1ccccc1)C(=O)C1COCCN1.Cl. The first-order chi connectivity index (χ1) is 13.7. The molecular weight excluding hydrogens is 388 g/mol. The van der Waals surface area contributed by atoms with Crippen LogP contribution in [0.25, 0.3) is 16.9 Å². The summed E-state index contributed by atoms with van der Waals surface area (Å²) in [7, 11) is 1.83. The van der Waals surface area contributed by atoms with Gasteiger partial charge >= 0.3 is 0 Å². The van der Waals surface area contributed by atoms with Gasteiger partial charge in [0.15, 0.2) is 0 Å². The number of nitrogens with one attached hydrogen (secondary N) is 1. The smallest absolute Gasteiger partial charge is 0.242 e. The standard InChI is InChI=1S/C22H24N4O2.ClH/c1-25(22(27)20-16-28-13-12-23-20)14-18-15-26(19-10-6-3-7-11-19)24-21(18)17-8-4-2-5-9-17;/h2-11,15,20,23H,12-14,16H2,1H3;1H.